The summed E-state index contributed by atoms with van der Waals surface area (Å²) in [6.45, 7) is 6.00. The van der Waals surface area contributed by atoms with Gasteiger partial charge in [-0.3, -0.25) is 4.79 Å². The smallest absolute Gasteiger partial charge is 0.225 e. The monoisotopic (exact) mass is 279 g/mol. The first kappa shape index (κ1) is 14.1. The van der Waals surface area contributed by atoms with Crippen LogP contribution in [-0.4, -0.2) is 47.8 Å². The third kappa shape index (κ3) is 2.63. The number of ether oxygens (including phenoxy) is 1. The maximum Gasteiger partial charge on any atom is 0.225 e. The van der Waals surface area contributed by atoms with Crippen molar-refractivity contribution in [3.05, 3.63) is 12.7 Å². The van der Waals surface area contributed by atoms with E-state index in [0.29, 0.717) is 37.4 Å². The van der Waals surface area contributed by atoms with Crippen molar-refractivity contribution in [3.63, 3.8) is 0 Å². The summed E-state index contributed by atoms with van der Waals surface area (Å²) in [5.74, 6) is 1.29. The fourth-order valence-corrected chi connectivity index (χ4v) is 4.07. The van der Waals surface area contributed by atoms with Gasteiger partial charge in [0.05, 0.1) is 18.8 Å². The lowest BCUT2D eigenvalue weighted by molar-refractivity contribution is -0.153. The van der Waals surface area contributed by atoms with E-state index in [1.807, 2.05) is 11.0 Å². The highest BCUT2D eigenvalue weighted by atomic mass is 16.5. The van der Waals surface area contributed by atoms with E-state index in [1.54, 1.807) is 0 Å². The Morgan fingerprint density at radius 1 is 1.30 bits per heavy atom. The van der Waals surface area contributed by atoms with Crippen molar-refractivity contribution in [2.75, 3.05) is 19.7 Å². The number of hydrogen-bond donors (Lipinski definition) is 1. The van der Waals surface area contributed by atoms with Crippen molar-refractivity contribution < 1.29 is 14.6 Å². The van der Waals surface area contributed by atoms with E-state index in [2.05, 4.69) is 6.58 Å². The van der Waals surface area contributed by atoms with Gasteiger partial charge in [0, 0.05) is 30.8 Å². The molecule has 1 saturated heterocycles. The molecule has 3 fully saturated rings. The number of likely N-dealkylation sites (tertiary alicyclic amines) is 1. The second-order valence-corrected chi connectivity index (χ2v) is 6.60. The van der Waals surface area contributed by atoms with Gasteiger partial charge in [-0.2, -0.15) is 0 Å². The van der Waals surface area contributed by atoms with Crippen molar-refractivity contribution in [1.29, 1.82) is 0 Å². The van der Waals surface area contributed by atoms with Crippen LogP contribution >= 0.6 is 0 Å². The predicted octanol–water partition coefficient (Wildman–Crippen LogP) is 1.59. The zero-order chi connectivity index (χ0) is 14.1. The number of fused-ring (bicyclic) bond motifs is 2. The molecule has 2 saturated carbocycles. The molecule has 0 aromatic carbocycles. The number of hydrogen-bond acceptors (Lipinski definition) is 3. The first-order chi connectivity index (χ1) is 9.69. The summed E-state index contributed by atoms with van der Waals surface area (Å²) in [4.78, 5) is 14.5. The maximum absolute atomic E-state index is 12.4. The second kappa shape index (κ2) is 5.86. The Balaban J connectivity index is 1.61. The third-order valence-corrected chi connectivity index (χ3v) is 5.17. The highest BCUT2D eigenvalue weighted by molar-refractivity contribution is 5.80. The summed E-state index contributed by atoms with van der Waals surface area (Å²) in [5, 5.41) is 9.37. The van der Waals surface area contributed by atoms with Crippen molar-refractivity contribution in [1.82, 2.24) is 4.90 Å². The number of piperidine rings is 1. The van der Waals surface area contributed by atoms with Gasteiger partial charge in [-0.1, -0.05) is 12.5 Å². The Labute approximate surface area is 120 Å². The molecule has 0 radical (unpaired) electrons. The summed E-state index contributed by atoms with van der Waals surface area (Å²) >= 11 is 0. The number of amides is 1. The summed E-state index contributed by atoms with van der Waals surface area (Å²) in [6.07, 6.45) is 6.75. The lowest BCUT2D eigenvalue weighted by atomic mass is 9.74. The van der Waals surface area contributed by atoms with Crippen LogP contribution < -0.4 is 0 Å². The number of rotatable bonds is 4. The van der Waals surface area contributed by atoms with Crippen LogP contribution in [0, 0.1) is 17.8 Å². The number of aliphatic hydroxyl groups is 1. The molecule has 1 N–H and O–H groups in total. The van der Waals surface area contributed by atoms with Crippen LogP contribution in [0.3, 0.4) is 0 Å². The van der Waals surface area contributed by atoms with Gasteiger partial charge >= 0.3 is 0 Å². The lowest BCUT2D eigenvalue weighted by Crippen LogP contribution is -2.56. The summed E-state index contributed by atoms with van der Waals surface area (Å²) in [5.41, 5.74) is 0. The molecule has 2 unspecified atom stereocenters. The lowest BCUT2D eigenvalue weighted by Gasteiger charge is -2.48. The fourth-order valence-electron chi connectivity index (χ4n) is 4.07. The average Bonchev–Trinajstić information content (AvgIpc) is 2.40. The zero-order valence-corrected chi connectivity index (χ0v) is 12.0. The van der Waals surface area contributed by atoms with Gasteiger partial charge in [0.1, 0.15) is 0 Å². The summed E-state index contributed by atoms with van der Waals surface area (Å²) in [6, 6.07) is 0. The van der Waals surface area contributed by atoms with E-state index in [4.69, 9.17) is 4.74 Å². The van der Waals surface area contributed by atoms with Crippen molar-refractivity contribution >= 4 is 5.91 Å². The molecule has 2 aliphatic carbocycles. The molecule has 0 aromatic heterocycles. The van der Waals surface area contributed by atoms with E-state index in [9.17, 15) is 9.90 Å². The Hall–Kier alpha value is -0.870. The number of nitrogens with zero attached hydrogens (tertiary/aromatic N) is 1. The first-order valence-corrected chi connectivity index (χ1v) is 7.88. The van der Waals surface area contributed by atoms with E-state index >= 15 is 0 Å². The minimum atomic E-state index is -0.253. The fraction of sp³-hybridized carbons (Fsp3) is 0.812. The van der Waals surface area contributed by atoms with E-state index in [1.165, 1.54) is 6.42 Å². The second-order valence-electron chi connectivity index (χ2n) is 6.60. The van der Waals surface area contributed by atoms with Crippen LogP contribution in [0.4, 0.5) is 0 Å². The van der Waals surface area contributed by atoms with E-state index in [-0.39, 0.29) is 17.9 Å². The Morgan fingerprint density at radius 2 is 1.95 bits per heavy atom. The largest absolute Gasteiger partial charge is 0.393 e. The number of carbonyl (C=O) groups excluding carboxylic acids is 1. The Bertz CT molecular complexity index is 364. The molecule has 1 aliphatic heterocycles. The van der Waals surface area contributed by atoms with Crippen LogP contribution in [0.2, 0.25) is 0 Å². The zero-order valence-electron chi connectivity index (χ0n) is 12.0. The van der Waals surface area contributed by atoms with Gasteiger partial charge in [0.2, 0.25) is 5.91 Å². The van der Waals surface area contributed by atoms with Crippen molar-refractivity contribution in [2.24, 2.45) is 17.8 Å². The minimum absolute atomic E-state index is 0.0661. The molecule has 1 heterocycles. The van der Waals surface area contributed by atoms with E-state index in [0.717, 1.165) is 25.9 Å². The van der Waals surface area contributed by atoms with Gasteiger partial charge in [-0.15, -0.1) is 6.58 Å². The molecule has 112 valence electrons. The normalized spacial score (nSPS) is 40.0. The van der Waals surface area contributed by atoms with Gasteiger partial charge in [-0.25, -0.2) is 0 Å². The van der Waals surface area contributed by atoms with Crippen LogP contribution in [0.15, 0.2) is 12.7 Å². The van der Waals surface area contributed by atoms with Gasteiger partial charge in [-0.05, 0) is 25.7 Å². The van der Waals surface area contributed by atoms with Crippen LogP contribution in [0.25, 0.3) is 0 Å². The van der Waals surface area contributed by atoms with Crippen molar-refractivity contribution in [3.8, 4) is 0 Å². The number of aliphatic hydroxyl groups excluding tert-OH is 1. The summed E-state index contributed by atoms with van der Waals surface area (Å²) in [7, 11) is 0. The molecular weight excluding hydrogens is 254 g/mol. The average molecular weight is 279 g/mol. The highest BCUT2D eigenvalue weighted by Gasteiger charge is 2.44. The predicted molar refractivity (Wildman–Crippen MR) is 76.1 cm³/mol. The summed E-state index contributed by atoms with van der Waals surface area (Å²) < 4.78 is 5.95. The molecule has 3 aliphatic rings. The minimum Gasteiger partial charge on any atom is -0.393 e. The highest BCUT2D eigenvalue weighted by Crippen LogP contribution is 2.38. The molecular formula is C16H25NO3. The SMILES string of the molecule is C=CCOC1C2CCCC1CN(C(=O)C1CC(O)C1)C2. The maximum atomic E-state index is 12.4. The van der Waals surface area contributed by atoms with Gasteiger partial charge < -0.3 is 14.7 Å². The first-order valence-electron chi connectivity index (χ1n) is 7.88. The topological polar surface area (TPSA) is 49.8 Å². The standard InChI is InChI=1S/C16H25NO3/c1-2-6-20-15-11-4-3-5-12(15)10-17(9-11)16(19)13-7-14(18)8-13/h2,11-15,18H,1,3-10H2. The van der Waals surface area contributed by atoms with Gasteiger partial charge in [0.25, 0.3) is 0 Å². The van der Waals surface area contributed by atoms with Crippen LogP contribution in [0.5, 0.6) is 0 Å². The van der Waals surface area contributed by atoms with Gasteiger partial charge in [0.15, 0.2) is 0 Å². The molecule has 2 atom stereocenters. The van der Waals surface area contributed by atoms with Crippen molar-refractivity contribution in [2.45, 2.75) is 44.3 Å². The molecule has 4 heteroatoms. The Kier molecular flexibility index (Phi) is 4.13. The molecule has 1 amide bonds. The van der Waals surface area contributed by atoms with E-state index < -0.39 is 0 Å². The number of carbonyl (C=O) groups is 1. The van der Waals surface area contributed by atoms with Crippen LogP contribution in [-0.2, 0) is 9.53 Å². The molecule has 0 aromatic rings. The molecule has 4 nitrogen and oxygen atoms in total. The quantitative estimate of drug-likeness (QED) is 0.795. The molecule has 3 rings (SSSR count). The molecule has 2 bridgehead atoms. The Morgan fingerprint density at radius 3 is 2.50 bits per heavy atom. The molecule has 0 spiro atoms. The molecule has 20 heavy (non-hydrogen) atoms. The van der Waals surface area contributed by atoms with Crippen LogP contribution in [0.1, 0.15) is 32.1 Å². The third-order valence-electron chi connectivity index (χ3n) is 5.17.